The first kappa shape index (κ1) is 9.66. The van der Waals surface area contributed by atoms with Gasteiger partial charge < -0.3 is 0 Å². The van der Waals surface area contributed by atoms with Gasteiger partial charge in [-0.15, -0.1) is 0 Å². The van der Waals surface area contributed by atoms with E-state index in [1.54, 1.807) is 0 Å². The molecule has 3 heteroatoms. The third kappa shape index (κ3) is 1.95. The van der Waals surface area contributed by atoms with Crippen molar-refractivity contribution < 1.29 is 0 Å². The molecule has 0 fully saturated rings. The Morgan fingerprint density at radius 3 is 2.86 bits per heavy atom. The molecule has 2 nitrogen and oxygen atoms in total. The molecule has 0 amide bonds. The lowest BCUT2D eigenvalue weighted by Crippen LogP contribution is -2.09. The molecule has 1 aromatic heterocycles. The maximum atomic E-state index is 5.80. The molecule has 1 aliphatic heterocycles. The van der Waals surface area contributed by atoms with Crippen molar-refractivity contribution in [2.45, 2.75) is 26.2 Å². The van der Waals surface area contributed by atoms with Crippen LogP contribution in [0.1, 0.15) is 30.4 Å². The number of pyridine rings is 1. The quantitative estimate of drug-likeness (QED) is 0.652. The lowest BCUT2D eigenvalue weighted by atomic mass is 10.00. The summed E-state index contributed by atoms with van der Waals surface area (Å²) in [6.07, 6.45) is 5.36. The van der Waals surface area contributed by atoms with Crippen LogP contribution in [0.4, 0.5) is 0 Å². The molecule has 0 spiro atoms. The van der Waals surface area contributed by atoms with Crippen LogP contribution < -0.4 is 0 Å². The van der Waals surface area contributed by atoms with E-state index in [1.807, 2.05) is 12.3 Å². The van der Waals surface area contributed by atoms with E-state index in [1.165, 1.54) is 24.1 Å². The van der Waals surface area contributed by atoms with Crippen molar-refractivity contribution in [3.8, 4) is 0 Å². The summed E-state index contributed by atoms with van der Waals surface area (Å²) < 4.78 is 0. The Balaban J connectivity index is 2.35. The summed E-state index contributed by atoms with van der Waals surface area (Å²) in [7, 11) is 0. The highest BCUT2D eigenvalue weighted by atomic mass is 35.5. The number of hydrogen-bond acceptors (Lipinski definition) is 2. The highest BCUT2D eigenvalue weighted by molar-refractivity contribution is 6.29. The second kappa shape index (κ2) is 4.09. The topological polar surface area (TPSA) is 25.2 Å². The van der Waals surface area contributed by atoms with Crippen molar-refractivity contribution >= 4 is 17.3 Å². The van der Waals surface area contributed by atoms with E-state index in [9.17, 15) is 0 Å². The minimum atomic E-state index is 0.558. The number of aromatic nitrogens is 1. The summed E-state index contributed by atoms with van der Waals surface area (Å²) in [5, 5.41) is 0.558. The number of rotatable bonds is 1. The predicted molar refractivity (Wildman–Crippen MR) is 59.2 cm³/mol. The molecule has 74 valence electrons. The van der Waals surface area contributed by atoms with Gasteiger partial charge in [-0.05, 0) is 37.8 Å². The van der Waals surface area contributed by atoms with Crippen molar-refractivity contribution in [1.82, 2.24) is 4.98 Å². The number of aryl methyl sites for hydroxylation is 1. The maximum absolute atomic E-state index is 5.80. The minimum Gasteiger partial charge on any atom is -0.289 e. The normalized spacial score (nSPS) is 16.6. The number of aliphatic imine (C=N–C) groups is 1. The number of hydrogen-bond donors (Lipinski definition) is 0. The van der Waals surface area contributed by atoms with Crippen molar-refractivity contribution in [1.29, 1.82) is 0 Å². The first-order valence-electron chi connectivity index (χ1n) is 4.93. The van der Waals surface area contributed by atoms with E-state index in [-0.39, 0.29) is 0 Å². The van der Waals surface area contributed by atoms with Crippen molar-refractivity contribution in [2.24, 2.45) is 4.99 Å². The molecule has 2 heterocycles. The Labute approximate surface area is 89.0 Å². The molecule has 2 rings (SSSR count). The van der Waals surface area contributed by atoms with Crippen LogP contribution in [-0.2, 0) is 0 Å². The van der Waals surface area contributed by atoms with E-state index in [0.717, 1.165) is 18.5 Å². The predicted octanol–water partition coefficient (Wildman–Crippen LogP) is 3.02. The van der Waals surface area contributed by atoms with E-state index in [2.05, 4.69) is 16.9 Å². The summed E-state index contributed by atoms with van der Waals surface area (Å²) in [5.74, 6) is 0. The molecule has 0 N–H and O–H groups in total. The fourth-order valence-corrected chi connectivity index (χ4v) is 1.95. The number of halogens is 1. The highest BCUT2D eigenvalue weighted by Gasteiger charge is 2.10. The Morgan fingerprint density at radius 2 is 2.21 bits per heavy atom. The zero-order valence-corrected chi connectivity index (χ0v) is 9.01. The molecule has 0 unspecified atom stereocenters. The van der Waals surface area contributed by atoms with Crippen LogP contribution in [0.25, 0.3) is 0 Å². The number of nitrogens with zero attached hydrogens (tertiary/aromatic N) is 2. The Hall–Kier alpha value is -0.890. The third-order valence-corrected chi connectivity index (χ3v) is 2.72. The molecule has 0 saturated carbocycles. The van der Waals surface area contributed by atoms with Gasteiger partial charge in [0.25, 0.3) is 0 Å². The lowest BCUT2D eigenvalue weighted by Gasteiger charge is -2.13. The Morgan fingerprint density at radius 1 is 1.36 bits per heavy atom. The highest BCUT2D eigenvalue weighted by Crippen LogP contribution is 2.18. The van der Waals surface area contributed by atoms with Gasteiger partial charge in [-0.2, -0.15) is 0 Å². The van der Waals surface area contributed by atoms with Gasteiger partial charge in [0.2, 0.25) is 0 Å². The Kier molecular flexibility index (Phi) is 2.82. The van der Waals surface area contributed by atoms with Gasteiger partial charge in [-0.1, -0.05) is 11.6 Å². The largest absolute Gasteiger partial charge is 0.289 e. The molecular weight excluding hydrogens is 196 g/mol. The van der Waals surface area contributed by atoms with Crippen LogP contribution >= 0.6 is 11.6 Å². The van der Waals surface area contributed by atoms with Crippen molar-refractivity contribution in [2.75, 3.05) is 6.54 Å². The summed E-state index contributed by atoms with van der Waals surface area (Å²) in [4.78, 5) is 8.62. The summed E-state index contributed by atoms with van der Waals surface area (Å²) in [6.45, 7) is 3.01. The standard InChI is InChI=1S/C11H13ClN2/c1-8-6-11(12)14-7-9(8)10-4-2-3-5-13-10/h6-7H,2-5H2,1H3. The monoisotopic (exact) mass is 208 g/mol. The van der Waals surface area contributed by atoms with Gasteiger partial charge in [0.15, 0.2) is 0 Å². The zero-order chi connectivity index (χ0) is 9.97. The molecular formula is C11H13ClN2. The molecule has 0 atom stereocenters. The second-order valence-electron chi connectivity index (χ2n) is 3.61. The van der Waals surface area contributed by atoms with Crippen LogP contribution in [0, 0.1) is 6.92 Å². The van der Waals surface area contributed by atoms with Gasteiger partial charge in [-0.25, -0.2) is 4.98 Å². The molecule has 0 saturated heterocycles. The van der Waals surface area contributed by atoms with Crippen molar-refractivity contribution in [3.63, 3.8) is 0 Å². The third-order valence-electron chi connectivity index (χ3n) is 2.51. The zero-order valence-electron chi connectivity index (χ0n) is 8.26. The van der Waals surface area contributed by atoms with Gasteiger partial charge in [0.1, 0.15) is 5.15 Å². The van der Waals surface area contributed by atoms with Crippen LogP contribution in [0.15, 0.2) is 17.3 Å². The smallest absolute Gasteiger partial charge is 0.129 e. The fourth-order valence-electron chi connectivity index (χ4n) is 1.74. The first-order chi connectivity index (χ1) is 6.77. The molecule has 14 heavy (non-hydrogen) atoms. The van der Waals surface area contributed by atoms with E-state index in [0.29, 0.717) is 5.15 Å². The van der Waals surface area contributed by atoms with Crippen LogP contribution in [0.2, 0.25) is 5.15 Å². The summed E-state index contributed by atoms with van der Waals surface area (Å²) >= 11 is 5.80. The van der Waals surface area contributed by atoms with Crippen LogP contribution in [0.3, 0.4) is 0 Å². The summed E-state index contributed by atoms with van der Waals surface area (Å²) in [6, 6.07) is 1.90. The lowest BCUT2D eigenvalue weighted by molar-refractivity contribution is 0.738. The SMILES string of the molecule is Cc1cc(Cl)ncc1C1=NCCCC1. The van der Waals surface area contributed by atoms with Gasteiger partial charge >= 0.3 is 0 Å². The average Bonchev–Trinajstić information content (AvgIpc) is 2.19. The van der Waals surface area contributed by atoms with E-state index >= 15 is 0 Å². The van der Waals surface area contributed by atoms with Gasteiger partial charge in [0.05, 0.1) is 0 Å². The molecule has 0 radical (unpaired) electrons. The summed E-state index contributed by atoms with van der Waals surface area (Å²) in [5.41, 5.74) is 3.53. The molecule has 1 aromatic rings. The molecule has 0 bridgehead atoms. The van der Waals surface area contributed by atoms with Crippen LogP contribution in [-0.4, -0.2) is 17.2 Å². The van der Waals surface area contributed by atoms with Crippen molar-refractivity contribution in [3.05, 3.63) is 28.5 Å². The molecule has 0 aliphatic carbocycles. The first-order valence-corrected chi connectivity index (χ1v) is 5.31. The molecule has 1 aliphatic rings. The van der Waals surface area contributed by atoms with E-state index < -0.39 is 0 Å². The van der Waals surface area contributed by atoms with E-state index in [4.69, 9.17) is 11.6 Å². The minimum absolute atomic E-state index is 0.558. The Bertz CT molecular complexity index is 372. The van der Waals surface area contributed by atoms with Crippen LogP contribution in [0.5, 0.6) is 0 Å². The van der Waals surface area contributed by atoms with Gasteiger partial charge in [-0.3, -0.25) is 4.99 Å². The molecule has 0 aromatic carbocycles. The van der Waals surface area contributed by atoms with Gasteiger partial charge in [0, 0.05) is 24.0 Å². The fraction of sp³-hybridized carbons (Fsp3) is 0.455. The second-order valence-corrected chi connectivity index (χ2v) is 3.99. The maximum Gasteiger partial charge on any atom is 0.129 e. The average molecular weight is 209 g/mol.